The van der Waals surface area contributed by atoms with Crippen molar-refractivity contribution in [1.29, 1.82) is 0 Å². The minimum absolute atomic E-state index is 0.145. The van der Waals surface area contributed by atoms with Crippen LogP contribution in [-0.4, -0.2) is 32.1 Å². The predicted octanol–water partition coefficient (Wildman–Crippen LogP) is 5.04. The molecule has 1 aliphatic carbocycles. The molecular formula is C26H24ClNO5. The Balaban J connectivity index is 1.94. The number of allylic oxidation sites excluding steroid dienone is 2. The number of ketones is 1. The lowest BCUT2D eigenvalue weighted by atomic mass is 9.79. The van der Waals surface area contributed by atoms with Crippen molar-refractivity contribution >= 4 is 29.1 Å². The molecule has 0 aromatic heterocycles. The summed E-state index contributed by atoms with van der Waals surface area (Å²) >= 11 is 6.60. The van der Waals surface area contributed by atoms with E-state index in [1.165, 1.54) is 7.11 Å². The molecule has 2 aromatic rings. The van der Waals surface area contributed by atoms with Crippen molar-refractivity contribution in [3.63, 3.8) is 0 Å². The van der Waals surface area contributed by atoms with Crippen molar-refractivity contribution in [2.45, 2.75) is 19.8 Å². The molecule has 1 atom stereocenters. The Bertz CT molecular complexity index is 1230. The highest BCUT2D eigenvalue weighted by Crippen LogP contribution is 2.49. The van der Waals surface area contributed by atoms with Crippen LogP contribution in [0.15, 0.2) is 65.9 Å². The predicted molar refractivity (Wildman–Crippen MR) is 127 cm³/mol. The second kappa shape index (κ2) is 9.16. The highest BCUT2D eigenvalue weighted by atomic mass is 35.5. The maximum absolute atomic E-state index is 13.5. The highest BCUT2D eigenvalue weighted by molar-refractivity contribution is 6.32. The molecule has 4 rings (SSSR count). The molecule has 2 aliphatic rings. The standard InChI is InChI=1S/C26H24ClNO5/c1-5-11-33-25-18(27)12-15(13-19(25)32-6-2)21-20(26(30)31-4)14(3)28-23-16-9-7-8-10-17(16)24(29)22(21)23/h5,7-10,12-13,21,28H,1,6,11H2,2-4H3/t21-/m0/s1. The third-order valence-corrected chi connectivity index (χ3v) is 5.95. The van der Waals surface area contributed by atoms with Crippen LogP contribution in [0, 0.1) is 0 Å². The molecule has 33 heavy (non-hydrogen) atoms. The quantitative estimate of drug-likeness (QED) is 0.456. The van der Waals surface area contributed by atoms with E-state index >= 15 is 0 Å². The summed E-state index contributed by atoms with van der Waals surface area (Å²) in [7, 11) is 1.32. The molecule has 0 saturated heterocycles. The normalized spacial score (nSPS) is 16.7. The number of hydrogen-bond donors (Lipinski definition) is 1. The number of ether oxygens (including phenoxy) is 3. The number of rotatable bonds is 7. The van der Waals surface area contributed by atoms with Gasteiger partial charge in [0.05, 0.1) is 30.0 Å². The number of fused-ring (bicyclic) bond motifs is 2. The number of nitrogens with one attached hydrogen (secondary N) is 1. The molecule has 0 unspecified atom stereocenters. The van der Waals surface area contributed by atoms with Crippen molar-refractivity contribution in [3.8, 4) is 11.5 Å². The largest absolute Gasteiger partial charge is 0.490 e. The summed E-state index contributed by atoms with van der Waals surface area (Å²) in [5.41, 5.74) is 4.12. The number of methoxy groups -OCH3 is 1. The van der Waals surface area contributed by atoms with Gasteiger partial charge in [0, 0.05) is 28.3 Å². The fourth-order valence-electron chi connectivity index (χ4n) is 4.34. The Kier molecular flexibility index (Phi) is 6.29. The topological polar surface area (TPSA) is 73.9 Å². The first-order valence-electron chi connectivity index (χ1n) is 10.6. The monoisotopic (exact) mass is 465 g/mol. The lowest BCUT2D eigenvalue weighted by molar-refractivity contribution is -0.136. The maximum atomic E-state index is 13.5. The van der Waals surface area contributed by atoms with Gasteiger partial charge in [-0.25, -0.2) is 4.79 Å². The zero-order chi connectivity index (χ0) is 23.7. The van der Waals surface area contributed by atoms with Crippen molar-refractivity contribution in [1.82, 2.24) is 5.32 Å². The summed E-state index contributed by atoms with van der Waals surface area (Å²) < 4.78 is 16.6. The number of halogens is 1. The van der Waals surface area contributed by atoms with Gasteiger partial charge in [0.25, 0.3) is 0 Å². The average molecular weight is 466 g/mol. The highest BCUT2D eigenvalue weighted by Gasteiger charge is 2.43. The van der Waals surface area contributed by atoms with E-state index in [1.807, 2.05) is 25.1 Å². The van der Waals surface area contributed by atoms with E-state index in [9.17, 15) is 9.59 Å². The summed E-state index contributed by atoms with van der Waals surface area (Å²) in [5, 5.41) is 3.57. The number of Topliss-reactive ketones (excluding diaryl/α,β-unsaturated/α-hetero) is 1. The van der Waals surface area contributed by atoms with Crippen molar-refractivity contribution in [2.75, 3.05) is 20.3 Å². The smallest absolute Gasteiger partial charge is 0.336 e. The van der Waals surface area contributed by atoms with Gasteiger partial charge in [0.2, 0.25) is 0 Å². The fourth-order valence-corrected chi connectivity index (χ4v) is 4.62. The molecule has 1 aliphatic heterocycles. The summed E-state index contributed by atoms with van der Waals surface area (Å²) in [5.74, 6) is -0.563. The van der Waals surface area contributed by atoms with E-state index in [4.69, 9.17) is 25.8 Å². The number of hydrogen-bond acceptors (Lipinski definition) is 6. The van der Waals surface area contributed by atoms with Gasteiger partial charge in [0.15, 0.2) is 17.3 Å². The average Bonchev–Trinajstić information content (AvgIpc) is 3.09. The molecular weight excluding hydrogens is 442 g/mol. The van der Waals surface area contributed by atoms with Gasteiger partial charge in [-0.2, -0.15) is 0 Å². The molecule has 0 spiro atoms. The Morgan fingerprint density at radius 1 is 1.21 bits per heavy atom. The third-order valence-electron chi connectivity index (χ3n) is 5.66. The number of carbonyl (C=O) groups is 2. The molecule has 0 radical (unpaired) electrons. The minimum Gasteiger partial charge on any atom is -0.490 e. The Morgan fingerprint density at radius 3 is 2.61 bits per heavy atom. The van der Waals surface area contributed by atoms with Crippen molar-refractivity contribution in [2.24, 2.45) is 0 Å². The van der Waals surface area contributed by atoms with Crippen LogP contribution in [0.4, 0.5) is 0 Å². The van der Waals surface area contributed by atoms with Gasteiger partial charge in [-0.15, -0.1) is 0 Å². The van der Waals surface area contributed by atoms with E-state index in [0.717, 1.165) is 5.56 Å². The van der Waals surface area contributed by atoms with Crippen LogP contribution < -0.4 is 14.8 Å². The van der Waals surface area contributed by atoms with E-state index in [2.05, 4.69) is 11.9 Å². The van der Waals surface area contributed by atoms with Crippen LogP contribution in [0.5, 0.6) is 11.5 Å². The summed E-state index contributed by atoms with van der Waals surface area (Å²) in [6.07, 6.45) is 1.61. The SMILES string of the molecule is C=CCOc1c(Cl)cc([C@H]2C(C(=O)OC)=C(C)NC3=C2C(=O)c2ccccc23)cc1OCC. The second-order valence-electron chi connectivity index (χ2n) is 7.61. The van der Waals surface area contributed by atoms with Gasteiger partial charge in [-0.1, -0.05) is 48.5 Å². The Morgan fingerprint density at radius 2 is 1.94 bits per heavy atom. The first kappa shape index (κ1) is 22.7. The molecule has 1 heterocycles. The Labute approximate surface area is 197 Å². The lowest BCUT2D eigenvalue weighted by Crippen LogP contribution is -2.29. The molecule has 0 amide bonds. The maximum Gasteiger partial charge on any atom is 0.336 e. The summed E-state index contributed by atoms with van der Waals surface area (Å²) in [4.78, 5) is 26.4. The first-order valence-corrected chi connectivity index (χ1v) is 10.9. The van der Waals surface area contributed by atoms with Crippen LogP contribution in [0.3, 0.4) is 0 Å². The molecule has 7 heteroatoms. The lowest BCUT2D eigenvalue weighted by Gasteiger charge is -2.29. The van der Waals surface area contributed by atoms with Crippen LogP contribution in [0.2, 0.25) is 5.02 Å². The zero-order valence-corrected chi connectivity index (χ0v) is 19.4. The van der Waals surface area contributed by atoms with Gasteiger partial charge < -0.3 is 19.5 Å². The number of esters is 1. The molecule has 170 valence electrons. The van der Waals surface area contributed by atoms with E-state index in [1.54, 1.807) is 31.2 Å². The van der Waals surface area contributed by atoms with Crippen LogP contribution in [0.1, 0.15) is 41.3 Å². The van der Waals surface area contributed by atoms with Crippen LogP contribution in [-0.2, 0) is 9.53 Å². The summed E-state index contributed by atoms with van der Waals surface area (Å²) in [6, 6.07) is 10.8. The summed E-state index contributed by atoms with van der Waals surface area (Å²) in [6.45, 7) is 7.94. The van der Waals surface area contributed by atoms with Gasteiger partial charge in [-0.3, -0.25) is 4.79 Å². The number of benzene rings is 2. The second-order valence-corrected chi connectivity index (χ2v) is 8.02. The third kappa shape index (κ3) is 3.80. The Hall–Kier alpha value is -3.51. The van der Waals surface area contributed by atoms with Crippen LogP contribution in [0.25, 0.3) is 5.70 Å². The molecule has 0 fully saturated rings. The van der Waals surface area contributed by atoms with Crippen molar-refractivity contribution < 1.29 is 23.8 Å². The zero-order valence-electron chi connectivity index (χ0n) is 18.7. The number of carbonyl (C=O) groups excluding carboxylic acids is 2. The molecule has 2 aromatic carbocycles. The fraction of sp³-hybridized carbons (Fsp3) is 0.231. The molecule has 0 saturated carbocycles. The van der Waals surface area contributed by atoms with Crippen LogP contribution >= 0.6 is 11.6 Å². The van der Waals surface area contributed by atoms with E-state index in [0.29, 0.717) is 56.8 Å². The van der Waals surface area contributed by atoms with Gasteiger partial charge >= 0.3 is 5.97 Å². The van der Waals surface area contributed by atoms with Gasteiger partial charge in [-0.05, 0) is 31.5 Å². The molecule has 6 nitrogen and oxygen atoms in total. The van der Waals surface area contributed by atoms with Crippen molar-refractivity contribution in [3.05, 3.63) is 87.6 Å². The number of dihydropyridines is 1. The molecule has 0 bridgehead atoms. The van der Waals surface area contributed by atoms with E-state index in [-0.39, 0.29) is 12.4 Å². The molecule has 1 N–H and O–H groups in total. The first-order chi connectivity index (χ1) is 15.9. The van der Waals surface area contributed by atoms with E-state index < -0.39 is 11.9 Å². The minimum atomic E-state index is -0.696. The van der Waals surface area contributed by atoms with Gasteiger partial charge in [0.1, 0.15) is 6.61 Å².